The van der Waals surface area contributed by atoms with E-state index in [-0.39, 0.29) is 11.3 Å². The van der Waals surface area contributed by atoms with E-state index in [2.05, 4.69) is 0 Å². The molecular weight excluding hydrogens is 161 g/mol. The van der Waals surface area contributed by atoms with Crippen LogP contribution in [0.2, 0.25) is 0 Å². The van der Waals surface area contributed by atoms with Gasteiger partial charge < -0.3 is 10.5 Å². The second-order valence-electron chi connectivity index (χ2n) is 2.21. The predicted molar refractivity (Wildman–Crippen MR) is 41.5 cm³/mol. The Kier molecular flexibility index (Phi) is 2.28. The molecule has 0 unspecified atom stereocenters. The molecule has 0 saturated heterocycles. The lowest BCUT2D eigenvalue weighted by Crippen LogP contribution is -2.12. The number of amides is 1. The second-order valence-corrected chi connectivity index (χ2v) is 2.21. The van der Waals surface area contributed by atoms with Crippen molar-refractivity contribution in [3.05, 3.63) is 29.6 Å². The summed E-state index contributed by atoms with van der Waals surface area (Å²) in [5.41, 5.74) is 5.18. The number of halogens is 1. The summed E-state index contributed by atoms with van der Waals surface area (Å²) in [7, 11) is 1.35. The van der Waals surface area contributed by atoms with Crippen LogP contribution in [0.15, 0.2) is 18.2 Å². The van der Waals surface area contributed by atoms with Crippen LogP contribution in [0.5, 0.6) is 5.75 Å². The van der Waals surface area contributed by atoms with Crippen LogP contribution in [0.4, 0.5) is 4.39 Å². The molecule has 0 fully saturated rings. The van der Waals surface area contributed by atoms with Gasteiger partial charge in [-0.1, -0.05) is 0 Å². The molecule has 1 aromatic carbocycles. The third-order valence-electron chi connectivity index (χ3n) is 1.43. The maximum Gasteiger partial charge on any atom is 0.252 e. The molecule has 2 N–H and O–H groups in total. The van der Waals surface area contributed by atoms with Gasteiger partial charge in [0.2, 0.25) is 0 Å². The third kappa shape index (κ3) is 1.53. The van der Waals surface area contributed by atoms with Crippen molar-refractivity contribution < 1.29 is 13.9 Å². The Bertz CT molecular complexity index is 312. The van der Waals surface area contributed by atoms with Crippen molar-refractivity contribution in [1.29, 1.82) is 0 Å². The largest absolute Gasteiger partial charge is 0.496 e. The summed E-state index contributed by atoms with van der Waals surface area (Å²) >= 11 is 0. The number of nitrogens with two attached hydrogens (primary N) is 1. The van der Waals surface area contributed by atoms with Crippen molar-refractivity contribution in [3.63, 3.8) is 0 Å². The lowest BCUT2D eigenvalue weighted by molar-refractivity contribution is 0.0997. The topological polar surface area (TPSA) is 52.3 Å². The Morgan fingerprint density at radius 2 is 2.25 bits per heavy atom. The normalized spacial score (nSPS) is 9.50. The molecule has 0 bridgehead atoms. The van der Waals surface area contributed by atoms with Crippen LogP contribution in [-0.4, -0.2) is 13.0 Å². The average Bonchev–Trinajstić information content (AvgIpc) is 2.03. The van der Waals surface area contributed by atoms with Gasteiger partial charge in [0.05, 0.1) is 12.7 Å². The fraction of sp³-hybridized carbons (Fsp3) is 0.125. The number of benzene rings is 1. The Morgan fingerprint density at radius 1 is 1.58 bits per heavy atom. The van der Waals surface area contributed by atoms with Gasteiger partial charge in [0.15, 0.2) is 0 Å². The average molecular weight is 169 g/mol. The van der Waals surface area contributed by atoms with Crippen molar-refractivity contribution >= 4 is 5.91 Å². The molecule has 0 aliphatic heterocycles. The van der Waals surface area contributed by atoms with Gasteiger partial charge in [-0.3, -0.25) is 4.79 Å². The van der Waals surface area contributed by atoms with E-state index < -0.39 is 11.7 Å². The van der Waals surface area contributed by atoms with Gasteiger partial charge in [0.1, 0.15) is 11.6 Å². The maximum absolute atomic E-state index is 12.6. The molecule has 0 radical (unpaired) electrons. The molecule has 0 atom stereocenters. The van der Waals surface area contributed by atoms with Crippen LogP contribution >= 0.6 is 0 Å². The van der Waals surface area contributed by atoms with Crippen LogP contribution < -0.4 is 10.5 Å². The van der Waals surface area contributed by atoms with Gasteiger partial charge in [-0.15, -0.1) is 0 Å². The Morgan fingerprint density at radius 3 is 2.75 bits per heavy atom. The first-order valence-electron chi connectivity index (χ1n) is 3.28. The minimum Gasteiger partial charge on any atom is -0.496 e. The first-order chi connectivity index (χ1) is 5.65. The smallest absolute Gasteiger partial charge is 0.252 e. The third-order valence-corrected chi connectivity index (χ3v) is 1.43. The Hall–Kier alpha value is -1.58. The van der Waals surface area contributed by atoms with Crippen LogP contribution in [-0.2, 0) is 0 Å². The van der Waals surface area contributed by atoms with Crippen molar-refractivity contribution in [1.82, 2.24) is 0 Å². The SMILES string of the molecule is COc1cc(F)ccc1C(N)=O. The van der Waals surface area contributed by atoms with Gasteiger partial charge in [-0.05, 0) is 12.1 Å². The zero-order valence-electron chi connectivity index (χ0n) is 6.50. The molecule has 0 aliphatic rings. The Balaban J connectivity index is 3.20. The monoisotopic (exact) mass is 169 g/mol. The van der Waals surface area contributed by atoms with E-state index in [1.54, 1.807) is 0 Å². The summed E-state index contributed by atoms with van der Waals surface area (Å²) in [6.45, 7) is 0. The molecule has 0 spiro atoms. The van der Waals surface area contributed by atoms with Gasteiger partial charge in [-0.25, -0.2) is 4.39 Å². The molecule has 0 aromatic heterocycles. The number of ether oxygens (including phenoxy) is 1. The van der Waals surface area contributed by atoms with Gasteiger partial charge in [0, 0.05) is 6.07 Å². The van der Waals surface area contributed by atoms with Crippen molar-refractivity contribution in [2.24, 2.45) is 5.73 Å². The van der Waals surface area contributed by atoms with E-state index in [1.165, 1.54) is 13.2 Å². The predicted octanol–water partition coefficient (Wildman–Crippen LogP) is 0.933. The van der Waals surface area contributed by atoms with Crippen LogP contribution in [0.25, 0.3) is 0 Å². The van der Waals surface area contributed by atoms with E-state index in [9.17, 15) is 9.18 Å². The van der Waals surface area contributed by atoms with Gasteiger partial charge in [0.25, 0.3) is 5.91 Å². The molecule has 1 amide bonds. The Labute approximate surface area is 68.9 Å². The summed E-state index contributed by atoms with van der Waals surface area (Å²) in [4.78, 5) is 10.7. The number of rotatable bonds is 2. The minimum atomic E-state index is -0.633. The number of hydrogen-bond donors (Lipinski definition) is 1. The molecule has 1 aromatic rings. The number of carbonyl (C=O) groups excluding carboxylic acids is 1. The van der Waals surface area contributed by atoms with Gasteiger partial charge >= 0.3 is 0 Å². The van der Waals surface area contributed by atoms with E-state index in [1.807, 2.05) is 0 Å². The van der Waals surface area contributed by atoms with Crippen LogP contribution in [0.3, 0.4) is 0 Å². The summed E-state index contributed by atoms with van der Waals surface area (Å²) in [5.74, 6) is -0.939. The number of methoxy groups -OCH3 is 1. The molecule has 3 nitrogen and oxygen atoms in total. The lowest BCUT2D eigenvalue weighted by atomic mass is 10.2. The van der Waals surface area contributed by atoms with E-state index in [0.717, 1.165) is 12.1 Å². The fourth-order valence-electron chi connectivity index (χ4n) is 0.869. The summed E-state index contributed by atoms with van der Waals surface area (Å²) in [5, 5.41) is 0. The molecule has 0 heterocycles. The number of primary amides is 1. The quantitative estimate of drug-likeness (QED) is 0.716. The van der Waals surface area contributed by atoms with E-state index >= 15 is 0 Å². The highest BCUT2D eigenvalue weighted by Crippen LogP contribution is 2.18. The molecule has 0 aliphatic carbocycles. The number of carbonyl (C=O) groups is 1. The molecule has 4 heteroatoms. The summed E-state index contributed by atoms with van der Waals surface area (Å²) in [6.07, 6.45) is 0. The maximum atomic E-state index is 12.6. The molecule has 1 rings (SSSR count). The minimum absolute atomic E-state index is 0.155. The zero-order valence-corrected chi connectivity index (χ0v) is 6.50. The van der Waals surface area contributed by atoms with Crippen LogP contribution in [0, 0.1) is 5.82 Å². The molecule has 0 saturated carbocycles. The van der Waals surface area contributed by atoms with Crippen molar-refractivity contribution in [2.45, 2.75) is 0 Å². The first-order valence-corrected chi connectivity index (χ1v) is 3.28. The summed E-state index contributed by atoms with van der Waals surface area (Å²) in [6, 6.07) is 3.55. The molecule has 12 heavy (non-hydrogen) atoms. The lowest BCUT2D eigenvalue weighted by Gasteiger charge is -2.03. The van der Waals surface area contributed by atoms with Gasteiger partial charge in [-0.2, -0.15) is 0 Å². The summed E-state index contributed by atoms with van der Waals surface area (Å²) < 4.78 is 17.3. The molecular formula is C8H8FNO2. The van der Waals surface area contributed by atoms with E-state index in [4.69, 9.17) is 10.5 Å². The highest BCUT2D eigenvalue weighted by Gasteiger charge is 2.08. The van der Waals surface area contributed by atoms with E-state index in [0.29, 0.717) is 0 Å². The fourth-order valence-corrected chi connectivity index (χ4v) is 0.869. The standard InChI is InChI=1S/C8H8FNO2/c1-12-7-4-5(9)2-3-6(7)8(10)11/h2-4H,1H3,(H2,10,11). The highest BCUT2D eigenvalue weighted by atomic mass is 19.1. The second kappa shape index (κ2) is 3.21. The van der Waals surface area contributed by atoms with Crippen molar-refractivity contribution in [2.75, 3.05) is 7.11 Å². The van der Waals surface area contributed by atoms with Crippen molar-refractivity contribution in [3.8, 4) is 5.75 Å². The van der Waals surface area contributed by atoms with Crippen LogP contribution in [0.1, 0.15) is 10.4 Å². The zero-order chi connectivity index (χ0) is 9.14. The first kappa shape index (κ1) is 8.52. The number of hydrogen-bond acceptors (Lipinski definition) is 2. The molecule has 64 valence electrons. The highest BCUT2D eigenvalue weighted by molar-refractivity contribution is 5.95.